The van der Waals surface area contributed by atoms with E-state index in [0.717, 1.165) is 56.0 Å². The number of amides is 2. The highest BCUT2D eigenvalue weighted by molar-refractivity contribution is 6.02. The van der Waals surface area contributed by atoms with E-state index in [1.165, 1.54) is 12.0 Å². The molecule has 3 fully saturated rings. The fourth-order valence-corrected chi connectivity index (χ4v) is 5.78. The second-order valence-electron chi connectivity index (χ2n) is 11.0. The van der Waals surface area contributed by atoms with Gasteiger partial charge in [0.2, 0.25) is 5.91 Å². The standard InChI is InChI=1S/C29H38N4O2/c1-20-15-21(2)18-32(17-20)26-16-24(30-28(34)23-9-10-23)11-12-25(26)29(35)33-14-13-31(3)19-27(33)22-7-5-4-6-8-22/h4-8,11-12,16,20-21,23,27H,9-10,13-15,17-19H2,1-3H3,(H,30,34)/t20-,21-,27?/m0/s1. The average Bonchev–Trinajstić information content (AvgIpc) is 3.69. The van der Waals surface area contributed by atoms with E-state index >= 15 is 0 Å². The van der Waals surface area contributed by atoms with Crippen molar-refractivity contribution in [3.8, 4) is 0 Å². The summed E-state index contributed by atoms with van der Waals surface area (Å²) in [5.41, 5.74) is 3.65. The summed E-state index contributed by atoms with van der Waals surface area (Å²) >= 11 is 0. The molecule has 2 aromatic rings. The third-order valence-corrected chi connectivity index (χ3v) is 7.68. The third kappa shape index (κ3) is 5.37. The van der Waals surface area contributed by atoms with Crippen molar-refractivity contribution in [1.82, 2.24) is 9.80 Å². The molecular formula is C29H38N4O2. The highest BCUT2D eigenvalue weighted by Crippen LogP contribution is 2.35. The number of carbonyl (C=O) groups is 2. The van der Waals surface area contributed by atoms with Crippen LogP contribution in [0.25, 0.3) is 0 Å². The van der Waals surface area contributed by atoms with Gasteiger partial charge in [0.1, 0.15) is 0 Å². The van der Waals surface area contributed by atoms with E-state index in [1.807, 2.05) is 41.3 Å². The molecule has 2 aromatic carbocycles. The minimum atomic E-state index is 0.0174. The number of anilines is 2. The molecule has 1 aliphatic carbocycles. The Bertz CT molecular complexity index is 1060. The van der Waals surface area contributed by atoms with Crippen molar-refractivity contribution in [3.05, 3.63) is 59.7 Å². The number of rotatable bonds is 5. The molecule has 1 N–H and O–H groups in total. The summed E-state index contributed by atoms with van der Waals surface area (Å²) in [5, 5.41) is 3.09. The van der Waals surface area contributed by atoms with Crippen LogP contribution in [-0.4, -0.2) is 61.4 Å². The van der Waals surface area contributed by atoms with Crippen LogP contribution < -0.4 is 10.2 Å². The maximum Gasteiger partial charge on any atom is 0.256 e. The average molecular weight is 475 g/mol. The van der Waals surface area contributed by atoms with Crippen LogP contribution in [0.3, 0.4) is 0 Å². The van der Waals surface area contributed by atoms with Crippen molar-refractivity contribution in [1.29, 1.82) is 0 Å². The van der Waals surface area contributed by atoms with Gasteiger partial charge in [-0.1, -0.05) is 44.2 Å². The SMILES string of the molecule is C[C@H]1C[C@H](C)CN(c2cc(NC(=O)C3CC3)ccc2C(=O)N2CCN(C)CC2c2ccccc2)C1. The van der Waals surface area contributed by atoms with Gasteiger partial charge in [-0.15, -0.1) is 0 Å². The van der Waals surface area contributed by atoms with Crippen molar-refractivity contribution in [2.45, 2.75) is 39.2 Å². The second kappa shape index (κ2) is 10.0. The molecule has 35 heavy (non-hydrogen) atoms. The molecule has 6 nitrogen and oxygen atoms in total. The first kappa shape index (κ1) is 23.9. The Hall–Kier alpha value is -2.86. The van der Waals surface area contributed by atoms with E-state index in [9.17, 15) is 9.59 Å². The summed E-state index contributed by atoms with van der Waals surface area (Å²) in [6.07, 6.45) is 3.15. The first-order valence-corrected chi connectivity index (χ1v) is 13.1. The predicted octanol–water partition coefficient (Wildman–Crippen LogP) is 4.65. The van der Waals surface area contributed by atoms with Crippen molar-refractivity contribution in [2.24, 2.45) is 17.8 Å². The fraction of sp³-hybridized carbons (Fsp3) is 0.517. The highest BCUT2D eigenvalue weighted by Gasteiger charge is 2.34. The maximum absolute atomic E-state index is 14.2. The number of piperidine rings is 1. The molecule has 5 rings (SSSR count). The van der Waals surface area contributed by atoms with Crippen molar-refractivity contribution < 1.29 is 9.59 Å². The molecule has 2 aliphatic heterocycles. The minimum absolute atomic E-state index is 0.0174. The zero-order chi connectivity index (χ0) is 24.5. The number of nitrogens with zero attached hydrogens (tertiary/aromatic N) is 3. The summed E-state index contributed by atoms with van der Waals surface area (Å²) in [6.45, 7) is 8.80. The summed E-state index contributed by atoms with van der Waals surface area (Å²) < 4.78 is 0. The molecule has 186 valence electrons. The molecular weight excluding hydrogens is 436 g/mol. The van der Waals surface area contributed by atoms with E-state index in [4.69, 9.17) is 0 Å². The lowest BCUT2D eigenvalue weighted by molar-refractivity contribution is -0.117. The van der Waals surface area contributed by atoms with E-state index < -0.39 is 0 Å². The molecule has 2 saturated heterocycles. The van der Waals surface area contributed by atoms with Crippen LogP contribution in [0.1, 0.15) is 55.1 Å². The topological polar surface area (TPSA) is 55.9 Å². The number of hydrogen-bond donors (Lipinski definition) is 1. The second-order valence-corrected chi connectivity index (χ2v) is 11.0. The normalized spacial score (nSPS) is 25.4. The van der Waals surface area contributed by atoms with Crippen LogP contribution in [0.15, 0.2) is 48.5 Å². The van der Waals surface area contributed by atoms with Crippen LogP contribution in [0.5, 0.6) is 0 Å². The lowest BCUT2D eigenvalue weighted by atomic mass is 9.91. The van der Waals surface area contributed by atoms with Gasteiger partial charge >= 0.3 is 0 Å². The molecule has 0 spiro atoms. The molecule has 1 unspecified atom stereocenters. The van der Waals surface area contributed by atoms with Gasteiger partial charge in [-0.25, -0.2) is 0 Å². The van der Waals surface area contributed by atoms with Gasteiger partial charge in [0.25, 0.3) is 5.91 Å². The lowest BCUT2D eigenvalue weighted by Gasteiger charge is -2.42. The summed E-state index contributed by atoms with van der Waals surface area (Å²) in [6, 6.07) is 16.2. The molecule has 2 heterocycles. The Kier molecular flexibility index (Phi) is 6.83. The Balaban J connectivity index is 1.49. The van der Waals surface area contributed by atoms with E-state index in [-0.39, 0.29) is 23.8 Å². The zero-order valence-corrected chi connectivity index (χ0v) is 21.2. The highest BCUT2D eigenvalue weighted by atomic mass is 16.2. The quantitative estimate of drug-likeness (QED) is 0.686. The summed E-state index contributed by atoms with van der Waals surface area (Å²) in [4.78, 5) is 33.3. The Morgan fingerprint density at radius 3 is 2.31 bits per heavy atom. The van der Waals surface area contributed by atoms with Gasteiger partial charge < -0.3 is 20.0 Å². The molecule has 3 atom stereocenters. The van der Waals surface area contributed by atoms with Crippen LogP contribution in [0.4, 0.5) is 11.4 Å². The van der Waals surface area contributed by atoms with Gasteiger partial charge in [0, 0.05) is 44.3 Å². The fourth-order valence-electron chi connectivity index (χ4n) is 5.78. The lowest BCUT2D eigenvalue weighted by Crippen LogP contribution is -2.49. The smallest absolute Gasteiger partial charge is 0.256 e. The van der Waals surface area contributed by atoms with Gasteiger partial charge in [-0.2, -0.15) is 0 Å². The van der Waals surface area contributed by atoms with Gasteiger partial charge in [0.05, 0.1) is 17.3 Å². The van der Waals surface area contributed by atoms with E-state index in [2.05, 4.69) is 48.1 Å². The molecule has 6 heteroatoms. The minimum Gasteiger partial charge on any atom is -0.370 e. The summed E-state index contributed by atoms with van der Waals surface area (Å²) in [7, 11) is 2.12. The Labute approximate surface area is 209 Å². The summed E-state index contributed by atoms with van der Waals surface area (Å²) in [5.74, 6) is 1.44. The van der Waals surface area contributed by atoms with Gasteiger partial charge in [-0.05, 0) is 61.9 Å². The van der Waals surface area contributed by atoms with Crippen molar-refractivity contribution in [3.63, 3.8) is 0 Å². The monoisotopic (exact) mass is 474 g/mol. The molecule has 0 radical (unpaired) electrons. The molecule has 0 aromatic heterocycles. The maximum atomic E-state index is 14.2. The van der Waals surface area contributed by atoms with Crippen molar-refractivity contribution >= 4 is 23.2 Å². The zero-order valence-electron chi connectivity index (χ0n) is 21.2. The van der Waals surface area contributed by atoms with Crippen LogP contribution >= 0.6 is 0 Å². The first-order chi connectivity index (χ1) is 16.9. The van der Waals surface area contributed by atoms with Crippen LogP contribution in [-0.2, 0) is 4.79 Å². The third-order valence-electron chi connectivity index (χ3n) is 7.68. The van der Waals surface area contributed by atoms with Gasteiger partial charge in [0.15, 0.2) is 0 Å². The number of piperazine rings is 1. The Morgan fingerprint density at radius 2 is 1.63 bits per heavy atom. The largest absolute Gasteiger partial charge is 0.370 e. The number of nitrogens with one attached hydrogen (secondary N) is 1. The molecule has 2 amide bonds. The Morgan fingerprint density at radius 1 is 0.914 bits per heavy atom. The number of likely N-dealkylation sites (N-methyl/N-ethyl adjacent to an activating group) is 1. The van der Waals surface area contributed by atoms with E-state index in [0.29, 0.717) is 18.4 Å². The molecule has 0 bridgehead atoms. The first-order valence-electron chi connectivity index (χ1n) is 13.1. The van der Waals surface area contributed by atoms with Crippen LogP contribution in [0.2, 0.25) is 0 Å². The van der Waals surface area contributed by atoms with Crippen LogP contribution in [0, 0.1) is 17.8 Å². The van der Waals surface area contributed by atoms with Crippen molar-refractivity contribution in [2.75, 3.05) is 50.0 Å². The number of benzene rings is 2. The van der Waals surface area contributed by atoms with E-state index in [1.54, 1.807) is 0 Å². The molecule has 1 saturated carbocycles. The number of hydrogen-bond acceptors (Lipinski definition) is 4. The molecule has 3 aliphatic rings. The number of carbonyl (C=O) groups excluding carboxylic acids is 2. The predicted molar refractivity (Wildman–Crippen MR) is 141 cm³/mol. The van der Waals surface area contributed by atoms with Gasteiger partial charge in [-0.3, -0.25) is 9.59 Å².